The highest BCUT2D eigenvalue weighted by atomic mass is 32.2. The monoisotopic (exact) mass is 355 g/mol. The van der Waals surface area contributed by atoms with E-state index in [4.69, 9.17) is 4.74 Å². The van der Waals surface area contributed by atoms with E-state index >= 15 is 0 Å². The average molecular weight is 355 g/mol. The third-order valence-corrected chi connectivity index (χ3v) is 5.97. The number of benzene rings is 1. The van der Waals surface area contributed by atoms with Gasteiger partial charge >= 0.3 is 5.97 Å². The van der Waals surface area contributed by atoms with Crippen LogP contribution in [0.4, 0.5) is 0 Å². The van der Waals surface area contributed by atoms with Gasteiger partial charge in [0.15, 0.2) is 9.84 Å². The number of hydrogen-bond acceptors (Lipinski definition) is 5. The fraction of sp³-hybridized carbons (Fsp3) is 0.500. The lowest BCUT2D eigenvalue weighted by molar-refractivity contribution is -0.148. The summed E-state index contributed by atoms with van der Waals surface area (Å²) in [6.07, 6.45) is 0.00453. The molecule has 1 aliphatic rings. The molecule has 0 saturated carbocycles. The minimum Gasteiger partial charge on any atom is -0.480 e. The van der Waals surface area contributed by atoms with Gasteiger partial charge in [0.2, 0.25) is 5.91 Å². The number of carbonyl (C=O) groups excluding carboxylic acids is 1. The number of aliphatic carboxylic acids is 1. The van der Waals surface area contributed by atoms with Crippen LogP contribution in [0.25, 0.3) is 0 Å². The van der Waals surface area contributed by atoms with E-state index < -0.39 is 21.8 Å². The fourth-order valence-electron chi connectivity index (χ4n) is 2.74. The summed E-state index contributed by atoms with van der Waals surface area (Å²) >= 11 is 0. The number of carboxylic acids is 1. The summed E-state index contributed by atoms with van der Waals surface area (Å²) in [4.78, 5) is 25.2. The molecule has 24 heavy (non-hydrogen) atoms. The Morgan fingerprint density at radius 2 is 1.92 bits per heavy atom. The molecule has 1 amide bonds. The number of sulfone groups is 1. The first-order valence-corrected chi connectivity index (χ1v) is 9.30. The minimum atomic E-state index is -3.28. The van der Waals surface area contributed by atoms with Crippen LogP contribution in [0.3, 0.4) is 0 Å². The molecule has 2 atom stereocenters. The van der Waals surface area contributed by atoms with Crippen molar-refractivity contribution in [2.75, 3.05) is 19.4 Å². The molecule has 0 spiro atoms. The Morgan fingerprint density at radius 3 is 2.42 bits per heavy atom. The third-order valence-electron chi connectivity index (χ3n) is 4.22. The van der Waals surface area contributed by atoms with Gasteiger partial charge in [-0.2, -0.15) is 0 Å². The smallest absolute Gasteiger partial charge is 0.326 e. The summed E-state index contributed by atoms with van der Waals surface area (Å²) in [7, 11) is -1.79. The topological polar surface area (TPSA) is 101 Å². The number of hydrogen-bond donors (Lipinski definition) is 1. The zero-order valence-electron chi connectivity index (χ0n) is 13.6. The van der Waals surface area contributed by atoms with Crippen molar-refractivity contribution in [3.63, 3.8) is 0 Å². The number of nitrogens with zero attached hydrogens (tertiary/aromatic N) is 1. The van der Waals surface area contributed by atoms with Crippen molar-refractivity contribution in [2.45, 2.75) is 36.8 Å². The maximum Gasteiger partial charge on any atom is 0.326 e. The molecule has 132 valence electrons. The number of carbonyl (C=O) groups is 2. The highest BCUT2D eigenvalue weighted by molar-refractivity contribution is 7.91. The van der Waals surface area contributed by atoms with Crippen molar-refractivity contribution in [3.8, 4) is 0 Å². The van der Waals surface area contributed by atoms with Gasteiger partial charge in [0.05, 0.1) is 23.2 Å². The summed E-state index contributed by atoms with van der Waals surface area (Å²) in [5, 5.41) is 9.25. The molecule has 0 bridgehead atoms. The Balaban J connectivity index is 2.10. The molecule has 0 radical (unpaired) electrons. The van der Waals surface area contributed by atoms with Gasteiger partial charge in [-0.3, -0.25) is 4.79 Å². The van der Waals surface area contributed by atoms with Crippen molar-refractivity contribution in [3.05, 3.63) is 29.8 Å². The zero-order valence-corrected chi connectivity index (χ0v) is 14.5. The second kappa shape index (κ2) is 7.31. The summed E-state index contributed by atoms with van der Waals surface area (Å²) in [6.45, 7) is 1.81. The first-order chi connectivity index (χ1) is 11.3. The van der Waals surface area contributed by atoms with Crippen LogP contribution in [0.2, 0.25) is 0 Å². The molecular formula is C16H21NO6S. The zero-order chi connectivity index (χ0) is 17.9. The molecule has 7 nitrogen and oxygen atoms in total. The van der Waals surface area contributed by atoms with Crippen LogP contribution in [-0.4, -0.2) is 61.9 Å². The number of rotatable bonds is 6. The van der Waals surface area contributed by atoms with Crippen LogP contribution in [0, 0.1) is 0 Å². The van der Waals surface area contributed by atoms with Crippen LogP contribution in [0.5, 0.6) is 0 Å². The van der Waals surface area contributed by atoms with Gasteiger partial charge < -0.3 is 14.7 Å². The van der Waals surface area contributed by atoms with Crippen LogP contribution >= 0.6 is 0 Å². The van der Waals surface area contributed by atoms with E-state index in [1.54, 1.807) is 19.1 Å². The molecule has 1 saturated heterocycles. The quantitative estimate of drug-likeness (QED) is 0.807. The van der Waals surface area contributed by atoms with Gasteiger partial charge in [0.1, 0.15) is 6.04 Å². The molecule has 1 fully saturated rings. The summed E-state index contributed by atoms with van der Waals surface area (Å²) in [6, 6.07) is 5.22. The van der Waals surface area contributed by atoms with Crippen LogP contribution in [-0.2, 0) is 30.6 Å². The maximum atomic E-state index is 12.4. The Hall–Kier alpha value is -1.93. The Labute approximate surface area is 141 Å². The van der Waals surface area contributed by atoms with Crippen LogP contribution in [0.1, 0.15) is 18.9 Å². The lowest BCUT2D eigenvalue weighted by Crippen LogP contribution is -2.41. The summed E-state index contributed by atoms with van der Waals surface area (Å²) in [5.41, 5.74) is 0.639. The van der Waals surface area contributed by atoms with Crippen LogP contribution in [0.15, 0.2) is 29.2 Å². The van der Waals surface area contributed by atoms with E-state index in [0.29, 0.717) is 5.56 Å². The molecule has 0 aliphatic carbocycles. The van der Waals surface area contributed by atoms with E-state index in [9.17, 15) is 23.1 Å². The maximum absolute atomic E-state index is 12.4. The van der Waals surface area contributed by atoms with Crippen molar-refractivity contribution >= 4 is 21.7 Å². The van der Waals surface area contributed by atoms with E-state index in [2.05, 4.69) is 0 Å². The first kappa shape index (κ1) is 18.4. The van der Waals surface area contributed by atoms with E-state index in [1.807, 2.05) is 0 Å². The first-order valence-electron chi connectivity index (χ1n) is 7.65. The van der Waals surface area contributed by atoms with Gasteiger partial charge in [0, 0.05) is 20.1 Å². The minimum absolute atomic E-state index is 0.0117. The fourth-order valence-corrected chi connectivity index (χ4v) is 3.62. The lowest BCUT2D eigenvalue weighted by Gasteiger charge is -2.21. The number of carboxylic acid groups (broad SMARTS) is 1. The Kier molecular flexibility index (Phi) is 5.61. The van der Waals surface area contributed by atoms with Crippen LogP contribution < -0.4 is 0 Å². The normalized spacial score (nSPS) is 21.0. The molecule has 0 aromatic heterocycles. The second-order valence-corrected chi connectivity index (χ2v) is 8.00. The van der Waals surface area contributed by atoms with E-state index in [-0.39, 0.29) is 42.0 Å². The van der Waals surface area contributed by atoms with E-state index in [0.717, 1.165) is 0 Å². The van der Waals surface area contributed by atoms with Crippen molar-refractivity contribution < 1.29 is 27.9 Å². The van der Waals surface area contributed by atoms with Crippen molar-refractivity contribution in [1.82, 2.24) is 4.90 Å². The number of ether oxygens (including phenoxy) is 1. The van der Waals surface area contributed by atoms with Crippen molar-refractivity contribution in [2.24, 2.45) is 0 Å². The molecular weight excluding hydrogens is 334 g/mol. The lowest BCUT2D eigenvalue weighted by atomic mass is 10.1. The van der Waals surface area contributed by atoms with Gasteiger partial charge in [-0.1, -0.05) is 19.1 Å². The number of likely N-dealkylation sites (tertiary alicyclic amines) is 1. The molecule has 8 heteroatoms. The van der Waals surface area contributed by atoms with Gasteiger partial charge in [-0.05, 0) is 17.7 Å². The largest absolute Gasteiger partial charge is 0.480 e. The molecule has 1 aromatic rings. The van der Waals surface area contributed by atoms with Gasteiger partial charge in [-0.15, -0.1) is 0 Å². The summed E-state index contributed by atoms with van der Waals surface area (Å²) in [5.74, 6) is -1.35. The predicted octanol–water partition coefficient (Wildman–Crippen LogP) is 0.723. The molecule has 1 heterocycles. The summed E-state index contributed by atoms with van der Waals surface area (Å²) < 4.78 is 28.7. The average Bonchev–Trinajstić information content (AvgIpc) is 3.00. The predicted molar refractivity (Wildman–Crippen MR) is 86.4 cm³/mol. The molecule has 1 aromatic carbocycles. The van der Waals surface area contributed by atoms with Gasteiger partial charge in [-0.25, -0.2) is 13.2 Å². The highest BCUT2D eigenvalue weighted by Crippen LogP contribution is 2.22. The number of amides is 1. The molecule has 1 aliphatic heterocycles. The standard InChI is InChI=1S/C16H21NO6S/c1-3-24(21,22)13-6-4-11(5-7-13)8-15(18)17-10-12(23-2)9-14(17)16(19)20/h4-7,12,14H,3,8-10H2,1-2H3,(H,19,20). The Morgan fingerprint density at radius 1 is 1.29 bits per heavy atom. The molecule has 2 rings (SSSR count). The second-order valence-electron chi connectivity index (χ2n) is 5.72. The molecule has 2 unspecified atom stereocenters. The van der Waals surface area contributed by atoms with E-state index in [1.165, 1.54) is 24.1 Å². The van der Waals surface area contributed by atoms with Crippen molar-refractivity contribution in [1.29, 1.82) is 0 Å². The molecule has 1 N–H and O–H groups in total. The van der Waals surface area contributed by atoms with Gasteiger partial charge in [0.25, 0.3) is 0 Å². The SMILES string of the molecule is CCS(=O)(=O)c1ccc(CC(=O)N2CC(OC)CC2C(=O)O)cc1. The number of methoxy groups -OCH3 is 1. The third kappa shape index (κ3) is 3.93. The highest BCUT2D eigenvalue weighted by Gasteiger charge is 2.39. The Bertz CT molecular complexity index is 713.